The predicted octanol–water partition coefficient (Wildman–Crippen LogP) is 0.791. The third-order valence-corrected chi connectivity index (χ3v) is 3.04. The summed E-state index contributed by atoms with van der Waals surface area (Å²) in [6.45, 7) is 1.64. The second-order valence-corrected chi connectivity index (χ2v) is 4.40. The van der Waals surface area contributed by atoms with Crippen LogP contribution in [-0.2, 0) is 4.74 Å². The molecule has 18 heavy (non-hydrogen) atoms. The topological polar surface area (TPSA) is 84.0 Å². The Morgan fingerprint density at radius 2 is 2.56 bits per heavy atom. The number of likely N-dealkylation sites (N-methyl/N-ethyl adjacent to an activating group) is 1. The van der Waals surface area contributed by atoms with E-state index in [0.29, 0.717) is 5.56 Å². The van der Waals surface area contributed by atoms with Gasteiger partial charge in [0.2, 0.25) is 0 Å². The maximum atomic E-state index is 8.66. The highest BCUT2D eigenvalue weighted by molar-refractivity contribution is 5.97. The fourth-order valence-electron chi connectivity index (χ4n) is 2.03. The summed E-state index contributed by atoms with van der Waals surface area (Å²) in [7, 11) is 1.96. The highest BCUT2D eigenvalue weighted by atomic mass is 16.5. The SMILES string of the molecule is CN(CC1CCCO1)c1cc(C(N)=NO)ccn1. The third-order valence-electron chi connectivity index (χ3n) is 3.04. The molecule has 1 aromatic rings. The number of rotatable bonds is 4. The van der Waals surface area contributed by atoms with E-state index < -0.39 is 0 Å². The highest BCUT2D eigenvalue weighted by Crippen LogP contribution is 2.17. The lowest BCUT2D eigenvalue weighted by molar-refractivity contribution is 0.116. The van der Waals surface area contributed by atoms with E-state index in [-0.39, 0.29) is 11.9 Å². The molecule has 6 nitrogen and oxygen atoms in total. The van der Waals surface area contributed by atoms with E-state index >= 15 is 0 Å². The van der Waals surface area contributed by atoms with E-state index in [0.717, 1.165) is 31.8 Å². The van der Waals surface area contributed by atoms with Gasteiger partial charge in [0.25, 0.3) is 0 Å². The molecule has 0 radical (unpaired) electrons. The van der Waals surface area contributed by atoms with Crippen molar-refractivity contribution in [2.75, 3.05) is 25.1 Å². The van der Waals surface area contributed by atoms with Gasteiger partial charge in [-0.25, -0.2) is 4.98 Å². The molecule has 0 aliphatic carbocycles. The van der Waals surface area contributed by atoms with Crippen molar-refractivity contribution < 1.29 is 9.94 Å². The normalized spacial score (nSPS) is 20.1. The van der Waals surface area contributed by atoms with Crippen molar-refractivity contribution in [3.63, 3.8) is 0 Å². The number of nitrogens with zero attached hydrogens (tertiary/aromatic N) is 3. The monoisotopic (exact) mass is 250 g/mol. The van der Waals surface area contributed by atoms with Crippen molar-refractivity contribution >= 4 is 11.7 Å². The average molecular weight is 250 g/mol. The van der Waals surface area contributed by atoms with Crippen LogP contribution in [0.1, 0.15) is 18.4 Å². The minimum absolute atomic E-state index is 0.0872. The summed E-state index contributed by atoms with van der Waals surface area (Å²) in [6.07, 6.45) is 4.12. The van der Waals surface area contributed by atoms with Crippen LogP contribution in [0.2, 0.25) is 0 Å². The number of anilines is 1. The Kier molecular flexibility index (Phi) is 3.99. The molecule has 0 spiro atoms. The lowest BCUT2D eigenvalue weighted by atomic mass is 10.2. The number of pyridine rings is 1. The van der Waals surface area contributed by atoms with Gasteiger partial charge in [-0.05, 0) is 25.0 Å². The minimum atomic E-state index is 0.0872. The Morgan fingerprint density at radius 1 is 1.72 bits per heavy atom. The van der Waals surface area contributed by atoms with E-state index in [4.69, 9.17) is 15.7 Å². The first kappa shape index (κ1) is 12.6. The fraction of sp³-hybridized carbons (Fsp3) is 0.500. The Balaban J connectivity index is 2.07. The number of amidine groups is 1. The first-order valence-corrected chi connectivity index (χ1v) is 5.97. The van der Waals surface area contributed by atoms with Crippen molar-refractivity contribution in [2.45, 2.75) is 18.9 Å². The van der Waals surface area contributed by atoms with Gasteiger partial charge in [-0.15, -0.1) is 0 Å². The first-order valence-electron chi connectivity index (χ1n) is 5.97. The van der Waals surface area contributed by atoms with Crippen LogP contribution in [0.4, 0.5) is 5.82 Å². The van der Waals surface area contributed by atoms with Crippen molar-refractivity contribution in [1.29, 1.82) is 0 Å². The van der Waals surface area contributed by atoms with Gasteiger partial charge < -0.3 is 20.6 Å². The van der Waals surface area contributed by atoms with Crippen LogP contribution in [0.5, 0.6) is 0 Å². The molecule has 2 rings (SSSR count). The molecule has 1 aromatic heterocycles. The van der Waals surface area contributed by atoms with Crippen molar-refractivity contribution in [2.24, 2.45) is 10.9 Å². The number of nitrogens with two attached hydrogens (primary N) is 1. The lowest BCUT2D eigenvalue weighted by Gasteiger charge is -2.22. The zero-order valence-corrected chi connectivity index (χ0v) is 10.4. The van der Waals surface area contributed by atoms with Crippen LogP contribution in [0.3, 0.4) is 0 Å². The van der Waals surface area contributed by atoms with Gasteiger partial charge >= 0.3 is 0 Å². The number of hydrogen-bond donors (Lipinski definition) is 2. The van der Waals surface area contributed by atoms with Crippen molar-refractivity contribution in [3.8, 4) is 0 Å². The number of hydrogen-bond acceptors (Lipinski definition) is 5. The van der Waals surface area contributed by atoms with Crippen LogP contribution in [-0.4, -0.2) is 42.3 Å². The molecule has 1 aliphatic rings. The Bertz CT molecular complexity index is 430. The first-order chi connectivity index (χ1) is 8.70. The number of aromatic nitrogens is 1. The van der Waals surface area contributed by atoms with Gasteiger partial charge in [0.15, 0.2) is 5.84 Å². The van der Waals surface area contributed by atoms with E-state index in [1.54, 1.807) is 18.3 Å². The summed E-state index contributed by atoms with van der Waals surface area (Å²) >= 11 is 0. The molecule has 1 saturated heterocycles. The Morgan fingerprint density at radius 3 is 3.22 bits per heavy atom. The van der Waals surface area contributed by atoms with E-state index in [1.165, 1.54) is 0 Å². The molecule has 6 heteroatoms. The summed E-state index contributed by atoms with van der Waals surface area (Å²) in [5.41, 5.74) is 6.21. The molecule has 0 saturated carbocycles. The molecule has 98 valence electrons. The smallest absolute Gasteiger partial charge is 0.170 e. The molecule has 1 aliphatic heterocycles. The molecule has 0 aromatic carbocycles. The zero-order chi connectivity index (χ0) is 13.0. The summed E-state index contributed by atoms with van der Waals surface area (Å²) < 4.78 is 5.59. The summed E-state index contributed by atoms with van der Waals surface area (Å²) in [5, 5.41) is 11.6. The van der Waals surface area contributed by atoms with Gasteiger partial charge in [0, 0.05) is 32.0 Å². The number of oxime groups is 1. The molecular formula is C12H18N4O2. The van der Waals surface area contributed by atoms with Gasteiger partial charge in [0.05, 0.1) is 6.10 Å². The maximum Gasteiger partial charge on any atom is 0.170 e. The van der Waals surface area contributed by atoms with E-state index in [1.807, 2.05) is 11.9 Å². The molecule has 2 heterocycles. The van der Waals surface area contributed by atoms with Gasteiger partial charge in [-0.3, -0.25) is 0 Å². The van der Waals surface area contributed by atoms with Gasteiger partial charge in [0.1, 0.15) is 5.82 Å². The average Bonchev–Trinajstić information content (AvgIpc) is 2.90. The molecule has 3 N–H and O–H groups in total. The van der Waals surface area contributed by atoms with Crippen LogP contribution < -0.4 is 10.6 Å². The molecule has 1 atom stereocenters. The minimum Gasteiger partial charge on any atom is -0.409 e. The standard InChI is InChI=1S/C12H18N4O2/c1-16(8-10-3-2-6-18-10)11-7-9(4-5-14-11)12(13)15-17/h4-5,7,10,17H,2-3,6,8H2,1H3,(H2,13,15). The number of ether oxygens (including phenoxy) is 1. The maximum absolute atomic E-state index is 8.66. The second-order valence-electron chi connectivity index (χ2n) is 4.40. The van der Waals surface area contributed by atoms with Crippen LogP contribution in [0.15, 0.2) is 23.5 Å². The summed E-state index contributed by atoms with van der Waals surface area (Å²) in [6, 6.07) is 3.50. The van der Waals surface area contributed by atoms with Crippen LogP contribution in [0, 0.1) is 0 Å². The quantitative estimate of drug-likeness (QED) is 0.357. The van der Waals surface area contributed by atoms with E-state index in [9.17, 15) is 0 Å². The summed E-state index contributed by atoms with van der Waals surface area (Å²) in [5.74, 6) is 0.874. The largest absolute Gasteiger partial charge is 0.409 e. The van der Waals surface area contributed by atoms with Gasteiger partial charge in [-0.2, -0.15) is 0 Å². The fourth-order valence-corrected chi connectivity index (χ4v) is 2.03. The van der Waals surface area contributed by atoms with Crippen molar-refractivity contribution in [3.05, 3.63) is 23.9 Å². The van der Waals surface area contributed by atoms with Crippen LogP contribution >= 0.6 is 0 Å². The zero-order valence-electron chi connectivity index (χ0n) is 10.4. The molecule has 0 bridgehead atoms. The molecule has 0 amide bonds. The Hall–Kier alpha value is -1.82. The highest BCUT2D eigenvalue weighted by Gasteiger charge is 2.18. The Labute approximate surface area is 106 Å². The van der Waals surface area contributed by atoms with E-state index in [2.05, 4.69) is 10.1 Å². The van der Waals surface area contributed by atoms with Crippen LogP contribution in [0.25, 0.3) is 0 Å². The summed E-state index contributed by atoms with van der Waals surface area (Å²) in [4.78, 5) is 6.29. The molecular weight excluding hydrogens is 232 g/mol. The predicted molar refractivity (Wildman–Crippen MR) is 69.0 cm³/mol. The third kappa shape index (κ3) is 2.89. The second kappa shape index (κ2) is 5.68. The lowest BCUT2D eigenvalue weighted by Crippen LogP contribution is -2.29. The molecule has 1 fully saturated rings. The molecule has 1 unspecified atom stereocenters. The van der Waals surface area contributed by atoms with Gasteiger partial charge in [-0.1, -0.05) is 5.16 Å². The van der Waals surface area contributed by atoms with Crippen molar-refractivity contribution in [1.82, 2.24) is 4.98 Å².